The molecule has 0 fully saturated rings. The van der Waals surface area contributed by atoms with Crippen molar-refractivity contribution in [3.8, 4) is 0 Å². The summed E-state index contributed by atoms with van der Waals surface area (Å²) >= 11 is 0. The predicted octanol–water partition coefficient (Wildman–Crippen LogP) is 1.69. The first kappa shape index (κ1) is 11.4. The first-order valence-electron chi connectivity index (χ1n) is 5.20. The van der Waals surface area contributed by atoms with Gasteiger partial charge in [-0.25, -0.2) is 9.37 Å². The van der Waals surface area contributed by atoms with Gasteiger partial charge in [-0.1, -0.05) is 6.07 Å². The molecule has 1 aromatic carbocycles. The van der Waals surface area contributed by atoms with E-state index in [9.17, 15) is 9.18 Å². The third kappa shape index (κ3) is 2.38. The van der Waals surface area contributed by atoms with Crippen molar-refractivity contribution >= 4 is 5.78 Å². The Morgan fingerprint density at radius 1 is 1.47 bits per heavy atom. The van der Waals surface area contributed by atoms with Gasteiger partial charge in [-0.15, -0.1) is 0 Å². The number of hydrogen-bond donors (Lipinski definition) is 0. The summed E-state index contributed by atoms with van der Waals surface area (Å²) in [5.74, 6) is -0.259. The van der Waals surface area contributed by atoms with E-state index in [4.69, 9.17) is 0 Å². The van der Waals surface area contributed by atoms with Gasteiger partial charge in [0.05, 0.1) is 12.0 Å². The summed E-state index contributed by atoms with van der Waals surface area (Å²) in [6.45, 7) is 1.78. The molecule has 0 aliphatic carbocycles. The normalized spacial score (nSPS) is 10.5. The topological polar surface area (TPSA) is 47.8 Å². The fraction of sp³-hybridized carbons (Fsp3) is 0.250. The molecule has 0 radical (unpaired) electrons. The number of aryl methyl sites for hydroxylation is 2. The quantitative estimate of drug-likeness (QED) is 0.758. The van der Waals surface area contributed by atoms with Crippen LogP contribution in [0.5, 0.6) is 0 Å². The molecule has 1 aromatic heterocycles. The lowest BCUT2D eigenvalue weighted by molar-refractivity contribution is 0.0986. The SMILES string of the molecule is Cc1ccc(C(=O)Cc2ncnn2C)c(F)c1. The van der Waals surface area contributed by atoms with Gasteiger partial charge in [0.25, 0.3) is 0 Å². The average molecular weight is 233 g/mol. The lowest BCUT2D eigenvalue weighted by atomic mass is 10.1. The lowest BCUT2D eigenvalue weighted by Gasteiger charge is -2.03. The summed E-state index contributed by atoms with van der Waals surface area (Å²) in [5, 5.41) is 3.86. The highest BCUT2D eigenvalue weighted by Crippen LogP contribution is 2.12. The van der Waals surface area contributed by atoms with Crippen LogP contribution in [0.25, 0.3) is 0 Å². The number of rotatable bonds is 3. The van der Waals surface area contributed by atoms with Crippen molar-refractivity contribution in [3.05, 3.63) is 47.3 Å². The van der Waals surface area contributed by atoms with Crippen LogP contribution in [0.3, 0.4) is 0 Å². The largest absolute Gasteiger partial charge is 0.294 e. The highest BCUT2D eigenvalue weighted by Gasteiger charge is 2.14. The maximum absolute atomic E-state index is 13.6. The number of ketones is 1. The number of carbonyl (C=O) groups is 1. The standard InChI is InChI=1S/C12H12FN3O/c1-8-3-4-9(10(13)5-8)11(17)6-12-14-7-15-16(12)2/h3-5,7H,6H2,1-2H3. The summed E-state index contributed by atoms with van der Waals surface area (Å²) in [5.41, 5.74) is 0.885. The Morgan fingerprint density at radius 3 is 2.82 bits per heavy atom. The molecule has 0 spiro atoms. The van der Waals surface area contributed by atoms with Gasteiger partial charge >= 0.3 is 0 Å². The molecular formula is C12H12FN3O. The van der Waals surface area contributed by atoms with Crippen molar-refractivity contribution in [2.24, 2.45) is 7.05 Å². The molecule has 1 heterocycles. The monoisotopic (exact) mass is 233 g/mol. The zero-order chi connectivity index (χ0) is 12.4. The number of aromatic nitrogens is 3. The van der Waals surface area contributed by atoms with Gasteiger partial charge in [0.1, 0.15) is 18.0 Å². The van der Waals surface area contributed by atoms with Gasteiger partial charge in [0.15, 0.2) is 5.78 Å². The van der Waals surface area contributed by atoms with E-state index in [1.165, 1.54) is 23.1 Å². The van der Waals surface area contributed by atoms with Crippen LogP contribution >= 0.6 is 0 Å². The molecule has 88 valence electrons. The Bertz CT molecular complexity index is 563. The minimum absolute atomic E-state index is 0.0521. The first-order chi connectivity index (χ1) is 8.08. The predicted molar refractivity (Wildman–Crippen MR) is 60.2 cm³/mol. The molecule has 2 aromatic rings. The van der Waals surface area contributed by atoms with Gasteiger partial charge in [0, 0.05) is 7.05 Å². The van der Waals surface area contributed by atoms with E-state index in [-0.39, 0.29) is 17.8 Å². The molecule has 0 atom stereocenters. The van der Waals surface area contributed by atoms with Crippen LogP contribution in [0.4, 0.5) is 4.39 Å². The van der Waals surface area contributed by atoms with Crippen molar-refractivity contribution < 1.29 is 9.18 Å². The number of benzene rings is 1. The van der Waals surface area contributed by atoms with Crippen LogP contribution in [0.2, 0.25) is 0 Å². The maximum atomic E-state index is 13.6. The maximum Gasteiger partial charge on any atom is 0.173 e. The third-order valence-corrected chi connectivity index (χ3v) is 2.55. The summed E-state index contributed by atoms with van der Waals surface area (Å²) < 4.78 is 15.1. The van der Waals surface area contributed by atoms with E-state index < -0.39 is 5.82 Å². The molecule has 0 N–H and O–H groups in total. The lowest BCUT2D eigenvalue weighted by Crippen LogP contribution is -2.10. The second-order valence-corrected chi connectivity index (χ2v) is 3.88. The van der Waals surface area contributed by atoms with E-state index in [1.807, 2.05) is 0 Å². The van der Waals surface area contributed by atoms with Crippen molar-refractivity contribution in [2.45, 2.75) is 13.3 Å². The summed E-state index contributed by atoms with van der Waals surface area (Å²) in [4.78, 5) is 15.8. The highest BCUT2D eigenvalue weighted by atomic mass is 19.1. The number of Topliss-reactive ketones (excluding diaryl/α,β-unsaturated/α-hetero) is 1. The summed E-state index contributed by atoms with van der Waals surface area (Å²) in [6.07, 6.45) is 1.42. The van der Waals surface area contributed by atoms with Crippen molar-refractivity contribution in [2.75, 3.05) is 0 Å². The van der Waals surface area contributed by atoms with Crippen molar-refractivity contribution in [1.29, 1.82) is 0 Å². The Labute approximate surface area is 98.1 Å². The van der Waals surface area contributed by atoms with Crippen LogP contribution in [0, 0.1) is 12.7 Å². The van der Waals surface area contributed by atoms with Gasteiger partial charge in [-0.05, 0) is 24.6 Å². The second kappa shape index (κ2) is 4.45. The molecule has 0 unspecified atom stereocenters. The number of hydrogen-bond acceptors (Lipinski definition) is 3. The van der Waals surface area contributed by atoms with E-state index in [0.29, 0.717) is 5.82 Å². The molecule has 4 nitrogen and oxygen atoms in total. The van der Waals surface area contributed by atoms with Gasteiger partial charge in [0.2, 0.25) is 0 Å². The molecule has 2 rings (SSSR count). The molecular weight excluding hydrogens is 221 g/mol. The molecule has 0 saturated carbocycles. The van der Waals surface area contributed by atoms with Crippen LogP contribution in [0.15, 0.2) is 24.5 Å². The molecule has 5 heteroatoms. The van der Waals surface area contributed by atoms with Crippen LogP contribution in [-0.4, -0.2) is 20.5 Å². The number of nitrogens with zero attached hydrogens (tertiary/aromatic N) is 3. The Kier molecular flexibility index (Phi) is 2.99. The summed E-state index contributed by atoms with van der Waals surface area (Å²) in [7, 11) is 1.70. The second-order valence-electron chi connectivity index (χ2n) is 3.88. The highest BCUT2D eigenvalue weighted by molar-refractivity contribution is 5.97. The molecule has 17 heavy (non-hydrogen) atoms. The summed E-state index contributed by atoms with van der Waals surface area (Å²) in [6, 6.07) is 4.57. The number of carbonyl (C=O) groups excluding carboxylic acids is 1. The van der Waals surface area contributed by atoms with Gasteiger partial charge in [-0.2, -0.15) is 5.10 Å². The zero-order valence-electron chi connectivity index (χ0n) is 9.64. The van der Waals surface area contributed by atoms with Crippen LogP contribution < -0.4 is 0 Å². The zero-order valence-corrected chi connectivity index (χ0v) is 9.64. The van der Waals surface area contributed by atoms with E-state index in [0.717, 1.165) is 5.56 Å². The van der Waals surface area contributed by atoms with Crippen molar-refractivity contribution in [1.82, 2.24) is 14.8 Å². The van der Waals surface area contributed by atoms with Crippen molar-refractivity contribution in [3.63, 3.8) is 0 Å². The van der Waals surface area contributed by atoms with E-state index in [1.54, 1.807) is 20.0 Å². The van der Waals surface area contributed by atoms with Crippen LogP contribution in [0.1, 0.15) is 21.7 Å². The minimum Gasteiger partial charge on any atom is -0.294 e. The molecule has 0 aliphatic heterocycles. The first-order valence-corrected chi connectivity index (χ1v) is 5.20. The fourth-order valence-corrected chi connectivity index (χ4v) is 1.57. The number of halogens is 1. The van der Waals surface area contributed by atoms with E-state index >= 15 is 0 Å². The van der Waals surface area contributed by atoms with Crippen LogP contribution in [-0.2, 0) is 13.5 Å². The molecule has 0 saturated heterocycles. The molecule has 0 amide bonds. The third-order valence-electron chi connectivity index (χ3n) is 2.55. The molecule has 0 bridgehead atoms. The van der Waals surface area contributed by atoms with Gasteiger partial charge in [-0.3, -0.25) is 9.48 Å². The smallest absolute Gasteiger partial charge is 0.173 e. The molecule has 0 aliphatic rings. The fourth-order valence-electron chi connectivity index (χ4n) is 1.57. The average Bonchev–Trinajstić information content (AvgIpc) is 2.64. The Morgan fingerprint density at radius 2 is 2.24 bits per heavy atom. The van der Waals surface area contributed by atoms with E-state index in [2.05, 4.69) is 10.1 Å². The minimum atomic E-state index is -0.489. The Balaban J connectivity index is 2.23. The van der Waals surface area contributed by atoms with Gasteiger partial charge < -0.3 is 0 Å². The Hall–Kier alpha value is -2.04.